The summed E-state index contributed by atoms with van der Waals surface area (Å²) in [7, 11) is 0. The molecule has 1 aromatic carbocycles. The van der Waals surface area contributed by atoms with E-state index < -0.39 is 5.41 Å². The standard InChI is InChI=1S/C17H22N4O2S/c1-11-3-4-13(12(2)9-11)14-20-21-16(24-14)19-15(22)17(10-18)5-7-23-8-6-17/h3-4,9H,5-8,10,18H2,1-2H3,(H,19,21,22). The highest BCUT2D eigenvalue weighted by molar-refractivity contribution is 7.18. The van der Waals surface area contributed by atoms with Crippen LogP contribution in [0.2, 0.25) is 0 Å². The Kier molecular flexibility index (Phi) is 4.93. The number of hydrogen-bond donors (Lipinski definition) is 2. The van der Waals surface area contributed by atoms with Crippen molar-refractivity contribution in [3.05, 3.63) is 29.3 Å². The number of nitrogens with two attached hydrogens (primary N) is 1. The first-order valence-corrected chi connectivity index (χ1v) is 8.86. The molecule has 0 atom stereocenters. The average molecular weight is 346 g/mol. The van der Waals surface area contributed by atoms with Gasteiger partial charge in [0.2, 0.25) is 11.0 Å². The highest BCUT2D eigenvalue weighted by Gasteiger charge is 2.39. The van der Waals surface area contributed by atoms with Crippen LogP contribution in [0.3, 0.4) is 0 Å². The lowest BCUT2D eigenvalue weighted by Gasteiger charge is -2.34. The molecule has 0 saturated carbocycles. The Labute approximate surface area is 145 Å². The van der Waals surface area contributed by atoms with E-state index in [1.54, 1.807) is 0 Å². The van der Waals surface area contributed by atoms with Gasteiger partial charge in [0, 0.05) is 25.3 Å². The molecule has 1 amide bonds. The number of aryl methyl sites for hydroxylation is 2. The molecule has 0 unspecified atom stereocenters. The van der Waals surface area contributed by atoms with Crippen molar-refractivity contribution < 1.29 is 9.53 Å². The van der Waals surface area contributed by atoms with Crippen molar-refractivity contribution in [1.29, 1.82) is 0 Å². The van der Waals surface area contributed by atoms with Crippen molar-refractivity contribution in [2.45, 2.75) is 26.7 Å². The van der Waals surface area contributed by atoms with Gasteiger partial charge in [-0.1, -0.05) is 35.1 Å². The van der Waals surface area contributed by atoms with Gasteiger partial charge < -0.3 is 10.5 Å². The number of benzene rings is 1. The predicted molar refractivity (Wildman–Crippen MR) is 95.0 cm³/mol. The highest BCUT2D eigenvalue weighted by Crippen LogP contribution is 2.33. The molecule has 1 saturated heterocycles. The maximum absolute atomic E-state index is 12.7. The predicted octanol–water partition coefficient (Wildman–Crippen LogP) is 2.52. The summed E-state index contributed by atoms with van der Waals surface area (Å²) < 4.78 is 5.35. The fourth-order valence-electron chi connectivity index (χ4n) is 2.95. The smallest absolute Gasteiger partial charge is 0.233 e. The first kappa shape index (κ1) is 17.0. The molecule has 1 aliphatic heterocycles. The van der Waals surface area contributed by atoms with Gasteiger partial charge in [-0.15, -0.1) is 10.2 Å². The van der Waals surface area contributed by atoms with Gasteiger partial charge in [-0.2, -0.15) is 0 Å². The average Bonchev–Trinajstić information content (AvgIpc) is 3.03. The minimum Gasteiger partial charge on any atom is -0.381 e. The number of nitrogens with one attached hydrogen (secondary N) is 1. The highest BCUT2D eigenvalue weighted by atomic mass is 32.1. The first-order valence-electron chi connectivity index (χ1n) is 8.04. The second-order valence-electron chi connectivity index (χ2n) is 6.28. The van der Waals surface area contributed by atoms with Gasteiger partial charge in [-0.25, -0.2) is 0 Å². The van der Waals surface area contributed by atoms with Gasteiger partial charge in [-0.05, 0) is 32.3 Å². The molecule has 2 heterocycles. The number of aromatic nitrogens is 2. The minimum atomic E-state index is -0.566. The molecule has 3 N–H and O–H groups in total. The molecule has 1 aromatic heterocycles. The summed E-state index contributed by atoms with van der Waals surface area (Å²) in [5, 5.41) is 12.5. The summed E-state index contributed by atoms with van der Waals surface area (Å²) >= 11 is 1.38. The quantitative estimate of drug-likeness (QED) is 0.888. The van der Waals surface area contributed by atoms with E-state index in [2.05, 4.69) is 28.5 Å². The summed E-state index contributed by atoms with van der Waals surface area (Å²) in [6, 6.07) is 6.20. The van der Waals surface area contributed by atoms with Crippen molar-refractivity contribution in [3.8, 4) is 10.6 Å². The molecule has 7 heteroatoms. The maximum atomic E-state index is 12.7. The fraction of sp³-hybridized carbons (Fsp3) is 0.471. The molecule has 0 bridgehead atoms. The van der Waals surface area contributed by atoms with E-state index in [1.165, 1.54) is 16.9 Å². The number of carbonyl (C=O) groups excluding carboxylic acids is 1. The van der Waals surface area contributed by atoms with E-state index in [9.17, 15) is 4.79 Å². The second kappa shape index (κ2) is 6.96. The number of carbonyl (C=O) groups is 1. The molecule has 2 aromatic rings. The van der Waals surface area contributed by atoms with Crippen LogP contribution in [-0.2, 0) is 9.53 Å². The van der Waals surface area contributed by atoms with E-state index >= 15 is 0 Å². The third-order valence-corrected chi connectivity index (χ3v) is 5.45. The van der Waals surface area contributed by atoms with E-state index in [1.807, 2.05) is 19.1 Å². The van der Waals surface area contributed by atoms with Crippen LogP contribution < -0.4 is 11.1 Å². The summed E-state index contributed by atoms with van der Waals surface area (Å²) in [6.45, 7) is 5.55. The van der Waals surface area contributed by atoms with Crippen LogP contribution in [-0.4, -0.2) is 35.9 Å². The third-order valence-electron chi connectivity index (χ3n) is 4.58. The molecular weight excluding hydrogens is 324 g/mol. The maximum Gasteiger partial charge on any atom is 0.233 e. The Morgan fingerprint density at radius 2 is 2.08 bits per heavy atom. The molecule has 1 fully saturated rings. The van der Waals surface area contributed by atoms with E-state index in [-0.39, 0.29) is 5.91 Å². The molecule has 0 aliphatic carbocycles. The van der Waals surface area contributed by atoms with Gasteiger partial charge >= 0.3 is 0 Å². The second-order valence-corrected chi connectivity index (χ2v) is 7.26. The third kappa shape index (κ3) is 3.33. The molecular formula is C17H22N4O2S. The number of nitrogens with zero attached hydrogens (tertiary/aromatic N) is 2. The van der Waals surface area contributed by atoms with Crippen molar-refractivity contribution >= 4 is 22.4 Å². The van der Waals surface area contributed by atoms with E-state index in [0.29, 0.717) is 37.7 Å². The Hall–Kier alpha value is -1.83. The monoisotopic (exact) mass is 346 g/mol. The molecule has 0 spiro atoms. The molecule has 1 aliphatic rings. The fourth-order valence-corrected chi connectivity index (χ4v) is 3.78. The SMILES string of the molecule is Cc1ccc(-c2nnc(NC(=O)C3(CN)CCOCC3)s2)c(C)c1. The first-order chi connectivity index (χ1) is 11.5. The van der Waals surface area contributed by atoms with Gasteiger partial charge in [0.1, 0.15) is 5.01 Å². The van der Waals surface area contributed by atoms with Gasteiger partial charge in [0.15, 0.2) is 0 Å². The Balaban J connectivity index is 1.77. The lowest BCUT2D eigenvalue weighted by atomic mass is 9.79. The van der Waals surface area contributed by atoms with Crippen LogP contribution in [0.1, 0.15) is 24.0 Å². The Morgan fingerprint density at radius 3 is 2.75 bits per heavy atom. The number of hydrogen-bond acceptors (Lipinski definition) is 6. The van der Waals surface area contributed by atoms with Crippen molar-refractivity contribution in [3.63, 3.8) is 0 Å². The minimum absolute atomic E-state index is 0.0865. The topological polar surface area (TPSA) is 90.1 Å². The van der Waals surface area contributed by atoms with Crippen LogP contribution >= 0.6 is 11.3 Å². The summed E-state index contributed by atoms with van der Waals surface area (Å²) in [6.07, 6.45) is 1.27. The Bertz CT molecular complexity index is 738. The van der Waals surface area contributed by atoms with Gasteiger partial charge in [-0.3, -0.25) is 10.1 Å². The van der Waals surface area contributed by atoms with Crippen molar-refractivity contribution in [2.24, 2.45) is 11.1 Å². The van der Waals surface area contributed by atoms with Crippen LogP contribution in [0.25, 0.3) is 10.6 Å². The zero-order chi connectivity index (χ0) is 17.2. The lowest BCUT2D eigenvalue weighted by Crippen LogP contribution is -2.46. The summed E-state index contributed by atoms with van der Waals surface area (Å²) in [5.41, 5.74) is 8.70. The van der Waals surface area contributed by atoms with Crippen LogP contribution in [0.15, 0.2) is 18.2 Å². The van der Waals surface area contributed by atoms with Crippen LogP contribution in [0.4, 0.5) is 5.13 Å². The Morgan fingerprint density at radius 1 is 1.33 bits per heavy atom. The lowest BCUT2D eigenvalue weighted by molar-refractivity contribution is -0.130. The van der Waals surface area contributed by atoms with Crippen LogP contribution in [0.5, 0.6) is 0 Å². The van der Waals surface area contributed by atoms with Gasteiger partial charge in [0.25, 0.3) is 0 Å². The number of anilines is 1. The normalized spacial score (nSPS) is 16.8. The molecule has 24 heavy (non-hydrogen) atoms. The van der Waals surface area contributed by atoms with Crippen molar-refractivity contribution in [1.82, 2.24) is 10.2 Å². The summed E-state index contributed by atoms with van der Waals surface area (Å²) in [5.74, 6) is -0.0865. The summed E-state index contributed by atoms with van der Waals surface area (Å²) in [4.78, 5) is 12.7. The molecule has 128 valence electrons. The van der Waals surface area contributed by atoms with Crippen LogP contribution in [0, 0.1) is 19.3 Å². The largest absolute Gasteiger partial charge is 0.381 e. The van der Waals surface area contributed by atoms with Gasteiger partial charge in [0.05, 0.1) is 5.41 Å². The van der Waals surface area contributed by atoms with E-state index in [4.69, 9.17) is 10.5 Å². The number of amides is 1. The number of rotatable bonds is 4. The van der Waals surface area contributed by atoms with Crippen molar-refractivity contribution in [2.75, 3.05) is 25.1 Å². The van der Waals surface area contributed by atoms with E-state index in [0.717, 1.165) is 16.1 Å². The zero-order valence-corrected chi connectivity index (χ0v) is 14.8. The molecule has 0 radical (unpaired) electrons. The number of ether oxygens (including phenoxy) is 1. The zero-order valence-electron chi connectivity index (χ0n) is 14.0. The molecule has 6 nitrogen and oxygen atoms in total. The molecule has 3 rings (SSSR count).